The molecule has 1 unspecified atom stereocenters. The van der Waals surface area contributed by atoms with Gasteiger partial charge in [0.2, 0.25) is 0 Å². The van der Waals surface area contributed by atoms with Crippen molar-refractivity contribution in [2.45, 2.75) is 12.5 Å². The van der Waals surface area contributed by atoms with Crippen LogP contribution in [0.2, 0.25) is 0 Å². The maximum atomic E-state index is 9.33. The quantitative estimate of drug-likeness (QED) is 0.906. The zero-order valence-electron chi connectivity index (χ0n) is 10.8. The maximum absolute atomic E-state index is 9.33. The topological polar surface area (TPSA) is 59.6 Å². The molecule has 0 radical (unpaired) electrons. The van der Waals surface area contributed by atoms with Gasteiger partial charge in [-0.1, -0.05) is 18.2 Å². The van der Waals surface area contributed by atoms with Crippen LogP contribution in [-0.4, -0.2) is 16.9 Å². The van der Waals surface area contributed by atoms with Crippen LogP contribution in [-0.2, 0) is 0 Å². The zero-order valence-corrected chi connectivity index (χ0v) is 10.8. The van der Waals surface area contributed by atoms with Gasteiger partial charge in [-0.15, -0.1) is 0 Å². The molecular formula is C16H13N3O. The predicted molar refractivity (Wildman–Crippen MR) is 77.6 cm³/mol. The van der Waals surface area contributed by atoms with Gasteiger partial charge in [-0.25, -0.2) is 5.01 Å². The van der Waals surface area contributed by atoms with Gasteiger partial charge >= 0.3 is 0 Å². The minimum Gasteiger partial charge on any atom is -0.508 e. The molecule has 0 fully saturated rings. The van der Waals surface area contributed by atoms with Crippen molar-refractivity contribution in [1.82, 2.24) is 0 Å². The zero-order chi connectivity index (χ0) is 13.9. The molecule has 0 saturated heterocycles. The van der Waals surface area contributed by atoms with Gasteiger partial charge in [0.25, 0.3) is 0 Å². The Morgan fingerprint density at radius 1 is 1.10 bits per heavy atom. The highest BCUT2D eigenvalue weighted by Gasteiger charge is 2.28. The Morgan fingerprint density at radius 2 is 1.80 bits per heavy atom. The summed E-state index contributed by atoms with van der Waals surface area (Å²) in [5, 5.41) is 24.9. The molecule has 2 aromatic rings. The number of rotatable bonds is 2. The van der Waals surface area contributed by atoms with Crippen molar-refractivity contribution in [3.63, 3.8) is 0 Å². The highest BCUT2D eigenvalue weighted by Crippen LogP contribution is 2.26. The number of hydrogen-bond acceptors (Lipinski definition) is 4. The molecule has 1 heterocycles. The number of benzene rings is 2. The summed E-state index contributed by atoms with van der Waals surface area (Å²) < 4.78 is 0. The lowest BCUT2D eigenvalue weighted by molar-refractivity contribution is 0.475. The van der Waals surface area contributed by atoms with Crippen molar-refractivity contribution < 1.29 is 5.11 Å². The minimum atomic E-state index is -0.291. The molecule has 1 aliphatic heterocycles. The Bertz CT molecular complexity index is 671. The van der Waals surface area contributed by atoms with Crippen molar-refractivity contribution in [1.29, 1.82) is 5.26 Å². The molecule has 98 valence electrons. The predicted octanol–water partition coefficient (Wildman–Crippen LogP) is 2.90. The monoisotopic (exact) mass is 263 g/mol. The van der Waals surface area contributed by atoms with Crippen LogP contribution in [0.3, 0.4) is 0 Å². The van der Waals surface area contributed by atoms with Crippen LogP contribution in [0.1, 0.15) is 12.0 Å². The Balaban J connectivity index is 1.95. The molecule has 2 aromatic carbocycles. The summed E-state index contributed by atoms with van der Waals surface area (Å²) in [5.41, 5.74) is 2.70. The molecule has 1 aliphatic rings. The molecule has 0 saturated carbocycles. The molecule has 0 bridgehead atoms. The van der Waals surface area contributed by atoms with E-state index in [9.17, 15) is 10.4 Å². The second kappa shape index (κ2) is 5.06. The van der Waals surface area contributed by atoms with E-state index in [1.807, 2.05) is 42.5 Å². The number of phenolic OH excluding ortho intramolecular Hbond substituents is 1. The van der Waals surface area contributed by atoms with Crippen molar-refractivity contribution in [3.8, 4) is 11.8 Å². The largest absolute Gasteiger partial charge is 0.508 e. The highest BCUT2D eigenvalue weighted by atomic mass is 16.3. The third-order valence-corrected chi connectivity index (χ3v) is 3.28. The van der Waals surface area contributed by atoms with Crippen molar-refractivity contribution in [2.75, 3.05) is 5.01 Å². The average molecular weight is 263 g/mol. The Labute approximate surface area is 117 Å². The van der Waals surface area contributed by atoms with Gasteiger partial charge in [0, 0.05) is 6.42 Å². The second-order valence-corrected chi connectivity index (χ2v) is 4.62. The molecule has 0 spiro atoms. The van der Waals surface area contributed by atoms with E-state index in [1.165, 1.54) is 0 Å². The van der Waals surface area contributed by atoms with Gasteiger partial charge in [0.15, 0.2) is 0 Å². The van der Waals surface area contributed by atoms with E-state index in [2.05, 4.69) is 11.2 Å². The summed E-state index contributed by atoms with van der Waals surface area (Å²) >= 11 is 0. The molecular weight excluding hydrogens is 250 g/mol. The lowest BCUT2D eigenvalue weighted by Crippen LogP contribution is -2.24. The van der Waals surface area contributed by atoms with E-state index in [0.717, 1.165) is 17.0 Å². The van der Waals surface area contributed by atoms with Crippen LogP contribution in [0, 0.1) is 11.3 Å². The van der Waals surface area contributed by atoms with Gasteiger partial charge in [-0.05, 0) is 42.0 Å². The minimum absolute atomic E-state index is 0.226. The fourth-order valence-corrected chi connectivity index (χ4v) is 2.26. The lowest BCUT2D eigenvalue weighted by atomic mass is 10.0. The number of hydrazone groups is 1. The van der Waals surface area contributed by atoms with Gasteiger partial charge in [-0.2, -0.15) is 10.4 Å². The van der Waals surface area contributed by atoms with E-state index in [0.29, 0.717) is 6.42 Å². The third kappa shape index (κ3) is 2.21. The Kier molecular flexibility index (Phi) is 3.10. The van der Waals surface area contributed by atoms with E-state index >= 15 is 0 Å². The van der Waals surface area contributed by atoms with Crippen LogP contribution in [0.15, 0.2) is 59.7 Å². The SMILES string of the molecule is N#CC1CC(c2ccc(O)cc2)=NN1c1ccccc1. The number of phenols is 1. The fourth-order valence-electron chi connectivity index (χ4n) is 2.26. The molecule has 3 rings (SSSR count). The number of anilines is 1. The Morgan fingerprint density at radius 3 is 2.45 bits per heavy atom. The van der Waals surface area contributed by atoms with Crippen molar-refractivity contribution in [3.05, 3.63) is 60.2 Å². The van der Waals surface area contributed by atoms with Crippen LogP contribution in [0.4, 0.5) is 5.69 Å². The highest BCUT2D eigenvalue weighted by molar-refractivity contribution is 6.03. The van der Waals surface area contributed by atoms with Crippen LogP contribution in [0.25, 0.3) is 0 Å². The molecule has 0 aliphatic carbocycles. The first-order valence-electron chi connectivity index (χ1n) is 6.39. The molecule has 4 nitrogen and oxygen atoms in total. The molecule has 1 N–H and O–H groups in total. The number of nitrogens with zero attached hydrogens (tertiary/aromatic N) is 3. The van der Waals surface area contributed by atoms with Gasteiger partial charge in [0.1, 0.15) is 11.8 Å². The summed E-state index contributed by atoms with van der Waals surface area (Å²) in [6, 6.07) is 18.6. The van der Waals surface area contributed by atoms with E-state index in [1.54, 1.807) is 17.1 Å². The fraction of sp³-hybridized carbons (Fsp3) is 0.125. The van der Waals surface area contributed by atoms with Crippen LogP contribution < -0.4 is 5.01 Å². The second-order valence-electron chi connectivity index (χ2n) is 4.62. The van der Waals surface area contributed by atoms with E-state index in [4.69, 9.17) is 0 Å². The van der Waals surface area contributed by atoms with Crippen molar-refractivity contribution >= 4 is 11.4 Å². The third-order valence-electron chi connectivity index (χ3n) is 3.28. The summed E-state index contributed by atoms with van der Waals surface area (Å²) in [6.45, 7) is 0. The number of nitriles is 1. The van der Waals surface area contributed by atoms with E-state index in [-0.39, 0.29) is 11.8 Å². The van der Waals surface area contributed by atoms with Crippen molar-refractivity contribution in [2.24, 2.45) is 5.10 Å². The normalized spacial score (nSPS) is 17.6. The first-order valence-corrected chi connectivity index (χ1v) is 6.39. The molecule has 1 atom stereocenters. The van der Waals surface area contributed by atoms with Gasteiger partial charge < -0.3 is 5.11 Å². The first-order chi connectivity index (χ1) is 9.78. The first kappa shape index (κ1) is 12.2. The molecule has 0 amide bonds. The summed E-state index contributed by atoms with van der Waals surface area (Å²) in [7, 11) is 0. The number of hydrogen-bond donors (Lipinski definition) is 1. The summed E-state index contributed by atoms with van der Waals surface area (Å²) in [6.07, 6.45) is 0.580. The standard InChI is InChI=1S/C16H13N3O/c17-11-14-10-16(12-6-8-15(20)9-7-12)18-19(14)13-4-2-1-3-5-13/h1-9,14,20H,10H2. The average Bonchev–Trinajstić information content (AvgIpc) is 2.93. The van der Waals surface area contributed by atoms with Gasteiger partial charge in [-0.3, -0.25) is 0 Å². The van der Waals surface area contributed by atoms with Crippen LogP contribution >= 0.6 is 0 Å². The summed E-state index contributed by atoms with van der Waals surface area (Å²) in [4.78, 5) is 0. The number of aromatic hydroxyl groups is 1. The van der Waals surface area contributed by atoms with Gasteiger partial charge in [0.05, 0.1) is 17.5 Å². The maximum Gasteiger partial charge on any atom is 0.144 e. The molecule has 0 aromatic heterocycles. The lowest BCUT2D eigenvalue weighted by Gasteiger charge is -2.17. The number of para-hydroxylation sites is 1. The van der Waals surface area contributed by atoms with Crippen LogP contribution in [0.5, 0.6) is 5.75 Å². The summed E-state index contributed by atoms with van der Waals surface area (Å²) in [5.74, 6) is 0.226. The molecule has 4 heteroatoms. The smallest absolute Gasteiger partial charge is 0.144 e. The molecule has 20 heavy (non-hydrogen) atoms. The Hall–Kier alpha value is -2.80. The van der Waals surface area contributed by atoms with E-state index < -0.39 is 0 Å².